The second-order valence-corrected chi connectivity index (χ2v) is 4.46. The number of rotatable bonds is 5. The quantitative estimate of drug-likeness (QED) is 0.855. The largest absolute Gasteiger partial charge is 0.481 e. The number of aliphatic carboxylic acids is 1. The number of thiophene rings is 1. The fourth-order valence-corrected chi connectivity index (χ4v) is 2.12. The molecule has 0 bridgehead atoms. The van der Waals surface area contributed by atoms with Gasteiger partial charge in [-0.25, -0.2) is 0 Å². The zero-order valence-electron chi connectivity index (χ0n) is 9.34. The third-order valence-electron chi connectivity index (χ3n) is 2.45. The van der Waals surface area contributed by atoms with Crippen molar-refractivity contribution in [2.75, 3.05) is 13.6 Å². The molecule has 88 valence electrons. The zero-order valence-corrected chi connectivity index (χ0v) is 10.2. The van der Waals surface area contributed by atoms with Gasteiger partial charge in [0, 0.05) is 13.6 Å². The molecule has 1 aromatic rings. The first kappa shape index (κ1) is 12.7. The van der Waals surface area contributed by atoms with Crippen LogP contribution in [0.15, 0.2) is 16.8 Å². The third kappa shape index (κ3) is 3.34. The van der Waals surface area contributed by atoms with Crippen molar-refractivity contribution < 1.29 is 14.7 Å². The molecule has 0 spiro atoms. The van der Waals surface area contributed by atoms with Gasteiger partial charge in [0.15, 0.2) is 0 Å². The van der Waals surface area contributed by atoms with Crippen LogP contribution in [0.2, 0.25) is 0 Å². The summed E-state index contributed by atoms with van der Waals surface area (Å²) in [5.74, 6) is -1.13. The van der Waals surface area contributed by atoms with E-state index in [9.17, 15) is 9.59 Å². The number of carbonyl (C=O) groups excluding carboxylic acids is 1. The highest BCUT2D eigenvalue weighted by Crippen LogP contribution is 2.20. The minimum atomic E-state index is -0.886. The van der Waals surface area contributed by atoms with E-state index in [0.29, 0.717) is 0 Å². The summed E-state index contributed by atoms with van der Waals surface area (Å²) < 4.78 is 0. The Bertz CT molecular complexity index is 361. The van der Waals surface area contributed by atoms with Crippen LogP contribution in [0.25, 0.3) is 0 Å². The Morgan fingerprint density at radius 2 is 2.25 bits per heavy atom. The molecule has 1 aromatic heterocycles. The van der Waals surface area contributed by atoms with Crippen molar-refractivity contribution in [2.45, 2.75) is 19.3 Å². The highest BCUT2D eigenvalue weighted by molar-refractivity contribution is 7.08. The molecule has 0 saturated carbocycles. The Kier molecular flexibility index (Phi) is 4.49. The molecule has 0 aliphatic carbocycles. The lowest BCUT2D eigenvalue weighted by molar-refractivity contribution is -0.138. The van der Waals surface area contributed by atoms with Gasteiger partial charge in [-0.15, -0.1) is 0 Å². The summed E-state index contributed by atoms with van der Waals surface area (Å²) in [4.78, 5) is 23.7. The molecule has 0 radical (unpaired) electrons. The van der Waals surface area contributed by atoms with E-state index in [1.54, 1.807) is 18.4 Å². The van der Waals surface area contributed by atoms with E-state index in [4.69, 9.17) is 5.11 Å². The highest BCUT2D eigenvalue weighted by atomic mass is 32.1. The maximum Gasteiger partial charge on any atom is 0.305 e. The maximum atomic E-state index is 11.9. The highest BCUT2D eigenvalue weighted by Gasteiger charge is 2.19. The van der Waals surface area contributed by atoms with Crippen LogP contribution in [0.3, 0.4) is 0 Å². The number of hydrogen-bond donors (Lipinski definition) is 1. The van der Waals surface area contributed by atoms with Gasteiger partial charge in [-0.2, -0.15) is 11.3 Å². The summed E-state index contributed by atoms with van der Waals surface area (Å²) in [6.45, 7) is 2.09. The number of amides is 1. The minimum absolute atomic E-state index is 0.0153. The fraction of sp³-hybridized carbons (Fsp3) is 0.455. The van der Waals surface area contributed by atoms with Crippen molar-refractivity contribution in [3.63, 3.8) is 0 Å². The topological polar surface area (TPSA) is 57.6 Å². The summed E-state index contributed by atoms with van der Waals surface area (Å²) >= 11 is 1.55. The van der Waals surface area contributed by atoms with Crippen LogP contribution in [0, 0.1) is 0 Å². The Hall–Kier alpha value is -1.36. The molecule has 0 aliphatic heterocycles. The number of carbonyl (C=O) groups is 2. The predicted octanol–water partition coefficient (Wildman–Crippen LogP) is 1.78. The first-order valence-electron chi connectivity index (χ1n) is 5.01. The van der Waals surface area contributed by atoms with Crippen molar-refractivity contribution >= 4 is 23.2 Å². The number of nitrogens with zero attached hydrogens (tertiary/aromatic N) is 1. The summed E-state index contributed by atoms with van der Waals surface area (Å²) in [5.41, 5.74) is 0.983. The van der Waals surface area contributed by atoms with E-state index in [-0.39, 0.29) is 24.8 Å². The van der Waals surface area contributed by atoms with Crippen molar-refractivity contribution in [3.8, 4) is 0 Å². The van der Waals surface area contributed by atoms with Gasteiger partial charge in [0.1, 0.15) is 0 Å². The van der Waals surface area contributed by atoms with E-state index < -0.39 is 5.97 Å². The molecule has 1 rings (SSSR count). The van der Waals surface area contributed by atoms with Crippen LogP contribution in [-0.2, 0) is 9.59 Å². The molecule has 1 N–H and O–H groups in total. The second-order valence-electron chi connectivity index (χ2n) is 3.68. The molecule has 0 saturated heterocycles. The molecule has 1 atom stereocenters. The maximum absolute atomic E-state index is 11.9. The summed E-state index contributed by atoms with van der Waals surface area (Å²) in [6.07, 6.45) is -0.0153. The van der Waals surface area contributed by atoms with Gasteiger partial charge in [0.05, 0.1) is 12.3 Å². The average molecular weight is 241 g/mol. The lowest BCUT2D eigenvalue weighted by Crippen LogP contribution is -2.32. The van der Waals surface area contributed by atoms with Crippen LogP contribution in [-0.4, -0.2) is 35.5 Å². The van der Waals surface area contributed by atoms with Gasteiger partial charge in [0.25, 0.3) is 0 Å². The fourth-order valence-electron chi connectivity index (χ4n) is 1.37. The Morgan fingerprint density at radius 3 is 2.75 bits per heavy atom. The molecule has 5 heteroatoms. The molecule has 1 amide bonds. The van der Waals surface area contributed by atoms with Crippen LogP contribution >= 0.6 is 11.3 Å². The molecule has 16 heavy (non-hydrogen) atoms. The average Bonchev–Trinajstić information content (AvgIpc) is 2.77. The molecule has 1 unspecified atom stereocenters. The third-order valence-corrected chi connectivity index (χ3v) is 3.15. The van der Waals surface area contributed by atoms with Crippen LogP contribution in [0.5, 0.6) is 0 Å². The molecular formula is C11H15NO3S. The van der Waals surface area contributed by atoms with Gasteiger partial charge in [-0.1, -0.05) is 0 Å². The van der Waals surface area contributed by atoms with Gasteiger partial charge in [-0.3, -0.25) is 9.59 Å². The van der Waals surface area contributed by atoms with Crippen LogP contribution < -0.4 is 0 Å². The van der Waals surface area contributed by atoms with Crippen molar-refractivity contribution in [1.82, 2.24) is 4.90 Å². The standard InChI is InChI=1S/C11H15NO3S/c1-8(9-4-6-16-7-9)11(15)12(2)5-3-10(13)14/h4,6-8H,3,5H2,1-2H3,(H,13,14). The minimum Gasteiger partial charge on any atom is -0.481 e. The van der Waals surface area contributed by atoms with Gasteiger partial charge in [0.2, 0.25) is 5.91 Å². The summed E-state index contributed by atoms with van der Waals surface area (Å²) in [7, 11) is 1.63. The van der Waals surface area contributed by atoms with E-state index in [1.807, 2.05) is 23.8 Å². The van der Waals surface area contributed by atoms with E-state index in [0.717, 1.165) is 5.56 Å². The summed E-state index contributed by atoms with van der Waals surface area (Å²) in [5, 5.41) is 12.4. The SMILES string of the molecule is CC(C(=O)N(C)CCC(=O)O)c1ccsc1. The number of hydrogen-bond acceptors (Lipinski definition) is 3. The second kappa shape index (κ2) is 5.65. The molecular weight excluding hydrogens is 226 g/mol. The zero-order chi connectivity index (χ0) is 12.1. The van der Waals surface area contributed by atoms with Gasteiger partial charge >= 0.3 is 5.97 Å². The van der Waals surface area contributed by atoms with E-state index in [2.05, 4.69) is 0 Å². The van der Waals surface area contributed by atoms with Crippen LogP contribution in [0.1, 0.15) is 24.8 Å². The predicted molar refractivity (Wildman–Crippen MR) is 62.6 cm³/mol. The van der Waals surface area contributed by atoms with E-state index >= 15 is 0 Å². The number of carboxylic acids is 1. The smallest absolute Gasteiger partial charge is 0.305 e. The molecule has 0 fully saturated rings. The number of likely N-dealkylation sites (N-methyl/N-ethyl adjacent to an activating group) is 1. The van der Waals surface area contributed by atoms with E-state index in [1.165, 1.54) is 4.90 Å². The Morgan fingerprint density at radius 1 is 1.56 bits per heavy atom. The lowest BCUT2D eigenvalue weighted by atomic mass is 10.0. The first-order chi connectivity index (χ1) is 7.52. The van der Waals surface area contributed by atoms with Gasteiger partial charge in [-0.05, 0) is 29.3 Å². The molecule has 0 aliphatic rings. The van der Waals surface area contributed by atoms with Crippen molar-refractivity contribution in [3.05, 3.63) is 22.4 Å². The lowest BCUT2D eigenvalue weighted by Gasteiger charge is -2.20. The van der Waals surface area contributed by atoms with Crippen LogP contribution in [0.4, 0.5) is 0 Å². The Labute approximate surface area is 98.5 Å². The molecule has 1 heterocycles. The number of carboxylic acid groups (broad SMARTS) is 1. The Balaban J connectivity index is 2.53. The van der Waals surface area contributed by atoms with Crippen molar-refractivity contribution in [1.29, 1.82) is 0 Å². The van der Waals surface area contributed by atoms with Crippen molar-refractivity contribution in [2.24, 2.45) is 0 Å². The molecule has 4 nitrogen and oxygen atoms in total. The summed E-state index contributed by atoms with van der Waals surface area (Å²) in [6, 6.07) is 1.91. The monoisotopic (exact) mass is 241 g/mol. The van der Waals surface area contributed by atoms with Gasteiger partial charge < -0.3 is 10.0 Å². The molecule has 0 aromatic carbocycles. The normalized spacial score (nSPS) is 12.1. The first-order valence-corrected chi connectivity index (χ1v) is 5.95.